The molecule has 0 aromatic heterocycles. The van der Waals surface area contributed by atoms with Crippen LogP contribution in [0.25, 0.3) is 0 Å². The standard InChI is InChI=1S/C10H11BrN2S2/c11-8-1-3-9(4-2-8)12-10(14)13-5-6-15-7-13/h1-4H,5-7H2,(H,12,14). The number of hydrogen-bond donors (Lipinski definition) is 1. The molecule has 1 aromatic rings. The number of rotatable bonds is 1. The minimum atomic E-state index is 0.822. The van der Waals surface area contributed by atoms with Crippen molar-refractivity contribution in [3.05, 3.63) is 28.7 Å². The fourth-order valence-corrected chi connectivity index (χ4v) is 2.89. The molecule has 1 aliphatic heterocycles. The normalized spacial score (nSPS) is 15.4. The maximum Gasteiger partial charge on any atom is 0.174 e. The first kappa shape index (κ1) is 11.2. The predicted molar refractivity (Wildman–Crippen MR) is 74.4 cm³/mol. The second-order valence-electron chi connectivity index (χ2n) is 3.24. The van der Waals surface area contributed by atoms with Crippen LogP contribution in [0.15, 0.2) is 28.7 Å². The molecule has 1 saturated heterocycles. The van der Waals surface area contributed by atoms with E-state index in [1.165, 1.54) is 5.75 Å². The van der Waals surface area contributed by atoms with E-state index in [0.29, 0.717) is 0 Å². The van der Waals surface area contributed by atoms with Crippen LogP contribution in [-0.4, -0.2) is 28.2 Å². The van der Waals surface area contributed by atoms with Gasteiger partial charge in [0.25, 0.3) is 0 Å². The molecule has 1 N–H and O–H groups in total. The second kappa shape index (κ2) is 5.18. The monoisotopic (exact) mass is 302 g/mol. The molecule has 0 amide bonds. The van der Waals surface area contributed by atoms with Crippen molar-refractivity contribution in [2.75, 3.05) is 23.5 Å². The van der Waals surface area contributed by atoms with E-state index in [1.54, 1.807) is 0 Å². The molecule has 5 heteroatoms. The number of hydrogen-bond acceptors (Lipinski definition) is 2. The van der Waals surface area contributed by atoms with Gasteiger partial charge in [-0.25, -0.2) is 0 Å². The minimum absolute atomic E-state index is 0.822. The third-order valence-corrected chi connectivity index (χ3v) is 3.99. The largest absolute Gasteiger partial charge is 0.339 e. The van der Waals surface area contributed by atoms with Gasteiger partial charge in [-0.3, -0.25) is 0 Å². The lowest BCUT2D eigenvalue weighted by atomic mass is 10.3. The van der Waals surface area contributed by atoms with Crippen molar-refractivity contribution in [1.29, 1.82) is 0 Å². The van der Waals surface area contributed by atoms with Crippen LogP contribution in [0, 0.1) is 0 Å². The summed E-state index contributed by atoms with van der Waals surface area (Å²) in [7, 11) is 0. The summed E-state index contributed by atoms with van der Waals surface area (Å²) < 4.78 is 1.08. The van der Waals surface area contributed by atoms with Crippen LogP contribution in [-0.2, 0) is 0 Å². The number of nitrogens with one attached hydrogen (secondary N) is 1. The topological polar surface area (TPSA) is 15.3 Å². The number of thiocarbonyl (C=S) groups is 1. The van der Waals surface area contributed by atoms with E-state index in [9.17, 15) is 0 Å². The van der Waals surface area contributed by atoms with E-state index < -0.39 is 0 Å². The highest BCUT2D eigenvalue weighted by Gasteiger charge is 2.14. The summed E-state index contributed by atoms with van der Waals surface area (Å²) in [6.07, 6.45) is 0. The number of anilines is 1. The zero-order valence-corrected chi connectivity index (χ0v) is 11.3. The zero-order valence-electron chi connectivity index (χ0n) is 8.07. The van der Waals surface area contributed by atoms with Gasteiger partial charge < -0.3 is 10.2 Å². The molecule has 1 aliphatic rings. The Hall–Kier alpha value is -0.260. The lowest BCUT2D eigenvalue weighted by molar-refractivity contribution is 0.552. The van der Waals surface area contributed by atoms with Crippen LogP contribution in [0.2, 0.25) is 0 Å². The Labute approximate surface area is 108 Å². The van der Waals surface area contributed by atoms with Gasteiger partial charge in [0.1, 0.15) is 0 Å². The Morgan fingerprint density at radius 2 is 2.13 bits per heavy atom. The Morgan fingerprint density at radius 1 is 1.40 bits per heavy atom. The molecule has 80 valence electrons. The van der Waals surface area contributed by atoms with E-state index in [0.717, 1.165) is 27.7 Å². The zero-order chi connectivity index (χ0) is 10.7. The molecule has 1 heterocycles. The fourth-order valence-electron chi connectivity index (χ4n) is 1.31. The van der Waals surface area contributed by atoms with Gasteiger partial charge in [-0.1, -0.05) is 15.9 Å². The highest BCUT2D eigenvalue weighted by Crippen LogP contribution is 2.17. The van der Waals surface area contributed by atoms with Crippen LogP contribution in [0.5, 0.6) is 0 Å². The molecular formula is C10H11BrN2S2. The summed E-state index contributed by atoms with van der Waals surface area (Å²) in [6.45, 7) is 1.05. The van der Waals surface area contributed by atoms with Crippen LogP contribution in [0.4, 0.5) is 5.69 Å². The Balaban J connectivity index is 1.96. The van der Waals surface area contributed by atoms with Gasteiger partial charge in [0, 0.05) is 22.5 Å². The Kier molecular flexibility index (Phi) is 3.88. The SMILES string of the molecule is S=C(Nc1ccc(Br)cc1)N1CCSC1. The molecule has 15 heavy (non-hydrogen) atoms. The molecule has 1 aromatic carbocycles. The fraction of sp³-hybridized carbons (Fsp3) is 0.300. The lowest BCUT2D eigenvalue weighted by Crippen LogP contribution is -2.31. The summed E-state index contributed by atoms with van der Waals surface area (Å²) in [5.41, 5.74) is 1.04. The summed E-state index contributed by atoms with van der Waals surface area (Å²) >= 11 is 10.6. The predicted octanol–water partition coefficient (Wildman–Crippen LogP) is 3.15. The first-order chi connectivity index (χ1) is 7.25. The van der Waals surface area contributed by atoms with Gasteiger partial charge in [-0.05, 0) is 36.5 Å². The van der Waals surface area contributed by atoms with E-state index in [2.05, 4.69) is 26.1 Å². The highest BCUT2D eigenvalue weighted by atomic mass is 79.9. The number of benzene rings is 1. The van der Waals surface area contributed by atoms with Crippen molar-refractivity contribution in [2.24, 2.45) is 0 Å². The molecule has 0 unspecified atom stereocenters. The van der Waals surface area contributed by atoms with Crippen molar-refractivity contribution in [3.8, 4) is 0 Å². The Morgan fingerprint density at radius 3 is 2.73 bits per heavy atom. The Bertz CT molecular complexity index is 347. The van der Waals surface area contributed by atoms with E-state index in [-0.39, 0.29) is 0 Å². The van der Waals surface area contributed by atoms with Crippen molar-refractivity contribution in [2.45, 2.75) is 0 Å². The van der Waals surface area contributed by atoms with Crippen LogP contribution in [0.3, 0.4) is 0 Å². The average Bonchev–Trinajstić information content (AvgIpc) is 2.74. The molecule has 0 atom stereocenters. The molecule has 0 bridgehead atoms. The van der Waals surface area contributed by atoms with E-state index in [4.69, 9.17) is 12.2 Å². The third kappa shape index (κ3) is 3.09. The number of halogens is 1. The van der Waals surface area contributed by atoms with Crippen molar-refractivity contribution in [3.63, 3.8) is 0 Å². The smallest absolute Gasteiger partial charge is 0.174 e. The van der Waals surface area contributed by atoms with Gasteiger partial charge in [0.05, 0.1) is 5.88 Å². The number of nitrogens with zero attached hydrogens (tertiary/aromatic N) is 1. The molecule has 0 saturated carbocycles. The van der Waals surface area contributed by atoms with Crippen LogP contribution >= 0.6 is 39.9 Å². The molecule has 1 fully saturated rings. The highest BCUT2D eigenvalue weighted by molar-refractivity contribution is 9.10. The quantitative estimate of drug-likeness (QED) is 0.801. The summed E-state index contributed by atoms with van der Waals surface area (Å²) in [6, 6.07) is 8.03. The molecular weight excluding hydrogens is 292 g/mol. The van der Waals surface area contributed by atoms with Gasteiger partial charge >= 0.3 is 0 Å². The maximum absolute atomic E-state index is 5.32. The molecule has 0 radical (unpaired) electrons. The minimum Gasteiger partial charge on any atom is -0.339 e. The lowest BCUT2D eigenvalue weighted by Gasteiger charge is -2.18. The third-order valence-electron chi connectivity index (χ3n) is 2.14. The summed E-state index contributed by atoms with van der Waals surface area (Å²) in [5, 5.41) is 4.06. The van der Waals surface area contributed by atoms with Crippen LogP contribution in [0.1, 0.15) is 0 Å². The number of thioether (sulfide) groups is 1. The van der Waals surface area contributed by atoms with E-state index >= 15 is 0 Å². The summed E-state index contributed by atoms with van der Waals surface area (Å²) in [5.74, 6) is 2.17. The van der Waals surface area contributed by atoms with Gasteiger partial charge in [-0.15, -0.1) is 11.8 Å². The van der Waals surface area contributed by atoms with Crippen molar-refractivity contribution in [1.82, 2.24) is 4.90 Å². The molecule has 0 spiro atoms. The maximum atomic E-state index is 5.32. The molecule has 0 aliphatic carbocycles. The van der Waals surface area contributed by atoms with Gasteiger partial charge in [-0.2, -0.15) is 0 Å². The van der Waals surface area contributed by atoms with Crippen molar-refractivity contribution < 1.29 is 0 Å². The average molecular weight is 303 g/mol. The molecule has 2 nitrogen and oxygen atoms in total. The summed E-state index contributed by atoms with van der Waals surface area (Å²) in [4.78, 5) is 2.18. The van der Waals surface area contributed by atoms with Gasteiger partial charge in [0.2, 0.25) is 0 Å². The second-order valence-corrected chi connectivity index (χ2v) is 5.61. The van der Waals surface area contributed by atoms with Gasteiger partial charge in [0.15, 0.2) is 5.11 Å². The molecule has 2 rings (SSSR count). The van der Waals surface area contributed by atoms with Crippen LogP contribution < -0.4 is 5.32 Å². The van der Waals surface area contributed by atoms with Crippen molar-refractivity contribution >= 4 is 50.7 Å². The van der Waals surface area contributed by atoms with E-state index in [1.807, 2.05) is 36.0 Å². The first-order valence-corrected chi connectivity index (χ1v) is 7.00. The first-order valence-electron chi connectivity index (χ1n) is 4.65.